The van der Waals surface area contributed by atoms with Gasteiger partial charge in [-0.2, -0.15) is 0 Å². The molecule has 1 fully saturated rings. The van der Waals surface area contributed by atoms with Gasteiger partial charge >= 0.3 is 0 Å². The summed E-state index contributed by atoms with van der Waals surface area (Å²) < 4.78 is 5.38. The quantitative estimate of drug-likeness (QED) is 0.697. The first kappa shape index (κ1) is 11.5. The van der Waals surface area contributed by atoms with Gasteiger partial charge in [0.15, 0.2) is 0 Å². The molecule has 0 saturated carbocycles. The van der Waals surface area contributed by atoms with E-state index >= 15 is 0 Å². The summed E-state index contributed by atoms with van der Waals surface area (Å²) in [4.78, 5) is 4.09. The van der Waals surface area contributed by atoms with Crippen molar-refractivity contribution in [3.63, 3.8) is 0 Å². The molecule has 0 amide bonds. The molecule has 0 spiro atoms. The van der Waals surface area contributed by atoms with Gasteiger partial charge in [0.1, 0.15) is 0 Å². The molecule has 1 atom stereocenters. The van der Waals surface area contributed by atoms with Crippen molar-refractivity contribution in [2.24, 2.45) is 0 Å². The first-order valence-corrected chi connectivity index (χ1v) is 5.86. The molecule has 16 heavy (non-hydrogen) atoms. The highest BCUT2D eigenvalue weighted by atomic mass is 16.5. The van der Waals surface area contributed by atoms with Gasteiger partial charge in [-0.25, -0.2) is 0 Å². The number of nitrogens with one attached hydrogen (secondary N) is 2. The van der Waals surface area contributed by atoms with Crippen LogP contribution in [0.5, 0.6) is 0 Å². The highest BCUT2D eigenvalue weighted by Gasteiger charge is 2.11. The Balaban J connectivity index is 1.58. The van der Waals surface area contributed by atoms with Crippen molar-refractivity contribution >= 4 is 0 Å². The molecule has 0 aliphatic carbocycles. The fourth-order valence-corrected chi connectivity index (χ4v) is 1.81. The lowest BCUT2D eigenvalue weighted by Crippen LogP contribution is -2.47. The Bertz CT molecular complexity index is 286. The maximum Gasteiger partial charge on any atom is 0.0632 e. The molecule has 4 heteroatoms. The smallest absolute Gasteiger partial charge is 0.0632 e. The van der Waals surface area contributed by atoms with Crippen LogP contribution in [0.15, 0.2) is 24.5 Å². The Labute approximate surface area is 96.4 Å². The lowest BCUT2D eigenvalue weighted by Gasteiger charge is -2.24. The third-order valence-electron chi connectivity index (χ3n) is 2.70. The summed E-state index contributed by atoms with van der Waals surface area (Å²) in [7, 11) is 0. The molecule has 2 N–H and O–H groups in total. The fourth-order valence-electron chi connectivity index (χ4n) is 1.81. The van der Waals surface area contributed by atoms with E-state index in [1.165, 1.54) is 5.56 Å². The zero-order valence-corrected chi connectivity index (χ0v) is 9.48. The van der Waals surface area contributed by atoms with Gasteiger partial charge in [-0.15, -0.1) is 0 Å². The van der Waals surface area contributed by atoms with E-state index in [0.717, 1.165) is 39.3 Å². The average molecular weight is 221 g/mol. The van der Waals surface area contributed by atoms with Crippen molar-refractivity contribution in [3.8, 4) is 0 Å². The van der Waals surface area contributed by atoms with Crippen LogP contribution in [0, 0.1) is 0 Å². The zero-order chi connectivity index (χ0) is 11.1. The fraction of sp³-hybridized carbons (Fsp3) is 0.583. The Kier molecular flexibility index (Phi) is 4.73. The normalized spacial score (nSPS) is 20.9. The summed E-state index contributed by atoms with van der Waals surface area (Å²) in [6.45, 7) is 4.59. The van der Waals surface area contributed by atoms with Crippen LogP contribution >= 0.6 is 0 Å². The molecule has 1 unspecified atom stereocenters. The molecule has 0 bridgehead atoms. The molecule has 1 aliphatic heterocycles. The van der Waals surface area contributed by atoms with Crippen molar-refractivity contribution in [2.75, 3.05) is 32.8 Å². The van der Waals surface area contributed by atoms with E-state index in [1.807, 2.05) is 12.3 Å². The first-order chi connectivity index (χ1) is 7.95. The van der Waals surface area contributed by atoms with Crippen LogP contribution in [0.2, 0.25) is 0 Å². The summed E-state index contributed by atoms with van der Waals surface area (Å²) >= 11 is 0. The van der Waals surface area contributed by atoms with Gasteiger partial charge in [0.25, 0.3) is 0 Å². The van der Waals surface area contributed by atoms with E-state index in [4.69, 9.17) is 4.74 Å². The number of hydrogen-bond donors (Lipinski definition) is 2. The number of hydrogen-bond acceptors (Lipinski definition) is 4. The highest BCUT2D eigenvalue weighted by Crippen LogP contribution is 1.96. The van der Waals surface area contributed by atoms with E-state index in [1.54, 1.807) is 6.20 Å². The van der Waals surface area contributed by atoms with Gasteiger partial charge in [-0.1, -0.05) is 6.07 Å². The van der Waals surface area contributed by atoms with Crippen molar-refractivity contribution < 1.29 is 4.74 Å². The van der Waals surface area contributed by atoms with Gasteiger partial charge in [-0.05, 0) is 24.6 Å². The predicted molar refractivity (Wildman–Crippen MR) is 63.4 cm³/mol. The number of ether oxygens (including phenoxy) is 1. The summed E-state index contributed by atoms with van der Waals surface area (Å²) in [6, 6.07) is 4.55. The van der Waals surface area contributed by atoms with E-state index in [2.05, 4.69) is 21.7 Å². The number of nitrogens with zero attached hydrogens (tertiary/aromatic N) is 1. The van der Waals surface area contributed by atoms with Crippen molar-refractivity contribution in [1.29, 1.82) is 0 Å². The second kappa shape index (κ2) is 6.58. The molecule has 1 aromatic rings. The largest absolute Gasteiger partial charge is 0.378 e. The van der Waals surface area contributed by atoms with Gasteiger partial charge < -0.3 is 15.4 Å². The first-order valence-electron chi connectivity index (χ1n) is 5.86. The van der Waals surface area contributed by atoms with Crippen molar-refractivity contribution in [2.45, 2.75) is 12.5 Å². The maximum absolute atomic E-state index is 5.38. The van der Waals surface area contributed by atoms with Crippen LogP contribution in [-0.4, -0.2) is 43.9 Å². The molecule has 2 heterocycles. The minimum atomic E-state index is 0.461. The van der Waals surface area contributed by atoms with Crippen LogP contribution in [-0.2, 0) is 11.2 Å². The van der Waals surface area contributed by atoms with Gasteiger partial charge in [0.05, 0.1) is 13.2 Å². The molecule has 88 valence electrons. The van der Waals surface area contributed by atoms with E-state index in [9.17, 15) is 0 Å². The Morgan fingerprint density at radius 3 is 3.31 bits per heavy atom. The highest BCUT2D eigenvalue weighted by molar-refractivity contribution is 5.08. The van der Waals surface area contributed by atoms with Crippen LogP contribution in [0.3, 0.4) is 0 Å². The van der Waals surface area contributed by atoms with E-state index in [-0.39, 0.29) is 0 Å². The lowest BCUT2D eigenvalue weighted by molar-refractivity contribution is 0.0768. The minimum absolute atomic E-state index is 0.461. The predicted octanol–water partition coefficient (Wildman–Crippen LogP) is 0.202. The number of morpholine rings is 1. The second-order valence-electron chi connectivity index (χ2n) is 4.04. The number of rotatable bonds is 5. The number of pyridine rings is 1. The third kappa shape index (κ3) is 3.89. The molecule has 2 rings (SSSR count). The summed E-state index contributed by atoms with van der Waals surface area (Å²) in [5.74, 6) is 0. The minimum Gasteiger partial charge on any atom is -0.378 e. The molecule has 1 aromatic heterocycles. The molecule has 0 aromatic carbocycles. The molecule has 0 radical (unpaired) electrons. The van der Waals surface area contributed by atoms with Crippen LogP contribution in [0.25, 0.3) is 0 Å². The van der Waals surface area contributed by atoms with E-state index in [0.29, 0.717) is 6.04 Å². The monoisotopic (exact) mass is 221 g/mol. The van der Waals surface area contributed by atoms with Crippen LogP contribution < -0.4 is 10.6 Å². The van der Waals surface area contributed by atoms with Crippen LogP contribution in [0.4, 0.5) is 0 Å². The third-order valence-corrected chi connectivity index (χ3v) is 2.70. The van der Waals surface area contributed by atoms with Crippen LogP contribution in [0.1, 0.15) is 5.56 Å². The Hall–Kier alpha value is -0.970. The van der Waals surface area contributed by atoms with Crippen molar-refractivity contribution in [1.82, 2.24) is 15.6 Å². The summed E-state index contributed by atoms with van der Waals surface area (Å²) in [5.41, 5.74) is 1.28. The average Bonchev–Trinajstić information content (AvgIpc) is 2.37. The number of aromatic nitrogens is 1. The second-order valence-corrected chi connectivity index (χ2v) is 4.04. The molecule has 1 saturated heterocycles. The molecule has 1 aliphatic rings. The zero-order valence-electron chi connectivity index (χ0n) is 9.48. The maximum atomic E-state index is 5.38. The lowest BCUT2D eigenvalue weighted by atomic mass is 10.2. The van der Waals surface area contributed by atoms with Gasteiger partial charge in [0.2, 0.25) is 0 Å². The standard InChI is InChI=1S/C12H19N3O/c1-2-11(8-13-4-1)3-5-14-9-12-10-16-7-6-15-12/h1-2,4,8,12,14-15H,3,5-7,9-10H2. The van der Waals surface area contributed by atoms with E-state index < -0.39 is 0 Å². The SMILES string of the molecule is c1cncc(CCNCC2COCCN2)c1. The summed E-state index contributed by atoms with van der Waals surface area (Å²) in [5, 5.41) is 6.85. The topological polar surface area (TPSA) is 46.2 Å². The van der Waals surface area contributed by atoms with Gasteiger partial charge in [-0.3, -0.25) is 4.98 Å². The molecular weight excluding hydrogens is 202 g/mol. The molecule has 4 nitrogen and oxygen atoms in total. The summed E-state index contributed by atoms with van der Waals surface area (Å²) in [6.07, 6.45) is 4.76. The Morgan fingerprint density at radius 2 is 2.56 bits per heavy atom. The van der Waals surface area contributed by atoms with Crippen molar-refractivity contribution in [3.05, 3.63) is 30.1 Å². The molecular formula is C12H19N3O. The Morgan fingerprint density at radius 1 is 1.56 bits per heavy atom. The van der Waals surface area contributed by atoms with Gasteiger partial charge in [0, 0.05) is 31.5 Å².